The number of carbonyl (C=O) groups is 2. The van der Waals surface area contributed by atoms with E-state index in [4.69, 9.17) is 32.7 Å². The number of nitrogens with one attached hydrogen (secondary N) is 4. The molecule has 2 aliphatic carbocycles. The fourth-order valence-electron chi connectivity index (χ4n) is 8.89. The summed E-state index contributed by atoms with van der Waals surface area (Å²) in [5.74, 6) is 0.0852. The van der Waals surface area contributed by atoms with Crippen LogP contribution < -0.4 is 31.2 Å². The summed E-state index contributed by atoms with van der Waals surface area (Å²) in [6.07, 6.45) is 3.05. The highest BCUT2D eigenvalue weighted by atomic mass is 35.5. The number of fused-ring (bicyclic) bond motifs is 2. The molecule has 2 amide bonds. The molecule has 2 fully saturated rings. The number of carbonyl (C=O) groups excluding carboxylic acids is 2. The highest BCUT2D eigenvalue weighted by molar-refractivity contribution is 6.34. The van der Waals surface area contributed by atoms with Gasteiger partial charge >= 0.3 is 0 Å². The average molecular weight is 972 g/mol. The summed E-state index contributed by atoms with van der Waals surface area (Å²) in [5, 5.41) is 32.9. The monoisotopic (exact) mass is 970 g/mol. The molecule has 0 unspecified atom stereocenters. The summed E-state index contributed by atoms with van der Waals surface area (Å²) >= 11 is 13.5. The predicted molar refractivity (Wildman–Crippen MR) is 255 cm³/mol. The van der Waals surface area contributed by atoms with E-state index in [1.165, 1.54) is 21.2 Å². The van der Waals surface area contributed by atoms with E-state index in [0.29, 0.717) is 17.2 Å². The Bertz CT molecular complexity index is 3360. The van der Waals surface area contributed by atoms with Crippen molar-refractivity contribution >= 4 is 46.6 Å². The van der Waals surface area contributed by atoms with Gasteiger partial charge in [0, 0.05) is 35.2 Å². The Labute approximate surface area is 402 Å². The molecule has 0 radical (unpaired) electrons. The zero-order chi connectivity index (χ0) is 47.9. The van der Waals surface area contributed by atoms with Crippen molar-refractivity contribution in [2.45, 2.75) is 56.8 Å². The predicted octanol–water partition coefficient (Wildman–Crippen LogP) is 5.88. The Morgan fingerprint density at radius 1 is 0.681 bits per heavy atom. The summed E-state index contributed by atoms with van der Waals surface area (Å²) in [7, 11) is 0. The first-order chi connectivity index (χ1) is 33.4. The molecule has 352 valence electrons. The number of ether oxygens (including phenoxy) is 2. The van der Waals surface area contributed by atoms with Gasteiger partial charge in [0.05, 0.1) is 51.3 Å². The number of amides is 2. The van der Waals surface area contributed by atoms with E-state index in [1.807, 2.05) is 60.7 Å². The lowest BCUT2D eigenvalue weighted by atomic mass is 9.65. The molecule has 0 spiro atoms. The van der Waals surface area contributed by atoms with Crippen molar-refractivity contribution in [3.8, 4) is 34.3 Å². The highest BCUT2D eigenvalue weighted by Gasteiger charge is 2.47. The summed E-state index contributed by atoms with van der Waals surface area (Å²) < 4.78 is 14.8. The van der Waals surface area contributed by atoms with E-state index in [2.05, 4.69) is 40.8 Å². The number of H-pyrrole nitrogens is 2. The van der Waals surface area contributed by atoms with Gasteiger partial charge in [0.2, 0.25) is 0 Å². The van der Waals surface area contributed by atoms with Crippen LogP contribution in [-0.4, -0.2) is 86.5 Å². The van der Waals surface area contributed by atoms with Gasteiger partial charge in [-0.3, -0.25) is 29.4 Å². The second-order valence-corrected chi connectivity index (χ2v) is 18.4. The van der Waals surface area contributed by atoms with Gasteiger partial charge in [0.15, 0.2) is 11.6 Å². The molecule has 0 saturated heterocycles. The van der Waals surface area contributed by atoms with Crippen LogP contribution in [0.25, 0.3) is 34.3 Å². The number of hydrogen-bond acceptors (Lipinski definition) is 12. The number of halogens is 2. The second-order valence-electron chi connectivity index (χ2n) is 17.6. The van der Waals surface area contributed by atoms with Gasteiger partial charge in [-0.05, 0) is 61.4 Å². The molecule has 2 aliphatic rings. The molecular formula is C49H44Cl2N10O8. The maximum absolute atomic E-state index is 14.1. The quantitative estimate of drug-likeness (QED) is 0.0666. The Morgan fingerprint density at radius 2 is 1.25 bits per heavy atom. The molecule has 0 bridgehead atoms. The van der Waals surface area contributed by atoms with Gasteiger partial charge < -0.3 is 30.3 Å². The summed E-state index contributed by atoms with van der Waals surface area (Å²) in [5.41, 5.74) is 0.514. The third-order valence-corrected chi connectivity index (χ3v) is 13.5. The summed E-state index contributed by atoms with van der Waals surface area (Å²) in [4.78, 5) is 72.2. The van der Waals surface area contributed by atoms with Gasteiger partial charge in [0.25, 0.3) is 34.5 Å². The Morgan fingerprint density at radius 3 is 1.78 bits per heavy atom. The summed E-state index contributed by atoms with van der Waals surface area (Å²) in [6.45, 7) is -0.643. The zero-order valence-corrected chi connectivity index (χ0v) is 38.3. The minimum absolute atomic E-state index is 0.0240. The number of rotatable bonds is 16. The maximum Gasteiger partial charge on any atom is 0.274 e. The SMILES string of the molecule is O=C(NCC1(CO)CCC1)c1c(Cl)cc(C2CC(CO)(NC(=O)c3c(Cl)cccc3OCc3cc(=O)n4[nH]c(-c5ccccc5)nc4n3)C2)cc1OCc1cc(=O)n2[nH]c(-c3ccccc3)nc2n1. The molecule has 20 heteroatoms. The smallest absolute Gasteiger partial charge is 0.274 e. The fourth-order valence-corrected chi connectivity index (χ4v) is 9.45. The van der Waals surface area contributed by atoms with Crippen LogP contribution in [0, 0.1) is 5.41 Å². The first kappa shape index (κ1) is 45.4. The molecule has 10 rings (SSSR count). The molecule has 8 aromatic rings. The van der Waals surface area contributed by atoms with E-state index in [0.717, 1.165) is 30.4 Å². The first-order valence-corrected chi connectivity index (χ1v) is 23.0. The van der Waals surface area contributed by atoms with Gasteiger partial charge in [-0.2, -0.15) is 19.0 Å². The molecule has 4 aromatic heterocycles. The lowest BCUT2D eigenvalue weighted by Crippen LogP contribution is -2.59. The number of benzene rings is 4. The van der Waals surface area contributed by atoms with E-state index in [9.17, 15) is 29.4 Å². The van der Waals surface area contributed by atoms with Crippen LogP contribution in [0.1, 0.15) is 75.7 Å². The second kappa shape index (κ2) is 18.6. The number of aromatic amines is 2. The van der Waals surface area contributed by atoms with Crippen molar-refractivity contribution in [2.24, 2.45) is 5.41 Å². The van der Waals surface area contributed by atoms with E-state index in [-0.39, 0.29) is 101 Å². The van der Waals surface area contributed by atoms with Crippen molar-refractivity contribution in [3.63, 3.8) is 0 Å². The zero-order valence-electron chi connectivity index (χ0n) is 36.7. The van der Waals surface area contributed by atoms with Crippen molar-refractivity contribution < 1.29 is 29.3 Å². The van der Waals surface area contributed by atoms with Crippen molar-refractivity contribution in [1.29, 1.82) is 0 Å². The van der Waals surface area contributed by atoms with E-state index in [1.54, 1.807) is 30.3 Å². The maximum atomic E-state index is 14.1. The third-order valence-electron chi connectivity index (χ3n) is 12.9. The van der Waals surface area contributed by atoms with Crippen molar-refractivity contribution in [1.82, 2.24) is 49.8 Å². The largest absolute Gasteiger partial charge is 0.486 e. The number of aromatic nitrogens is 8. The van der Waals surface area contributed by atoms with Crippen LogP contribution in [0.2, 0.25) is 10.0 Å². The van der Waals surface area contributed by atoms with Crippen LogP contribution in [-0.2, 0) is 13.2 Å². The number of nitrogens with zero attached hydrogens (tertiary/aromatic N) is 6. The number of aliphatic hydroxyl groups is 2. The fraction of sp³-hybridized carbons (Fsp3) is 0.265. The van der Waals surface area contributed by atoms with Crippen LogP contribution in [0.4, 0.5) is 0 Å². The highest BCUT2D eigenvalue weighted by Crippen LogP contribution is 2.47. The molecule has 4 aromatic carbocycles. The van der Waals surface area contributed by atoms with Gasteiger partial charge in [0.1, 0.15) is 24.7 Å². The van der Waals surface area contributed by atoms with Gasteiger partial charge in [-0.1, -0.05) is 96.4 Å². The average Bonchev–Trinajstić information content (AvgIpc) is 3.97. The van der Waals surface area contributed by atoms with E-state index < -0.39 is 40.5 Å². The molecule has 6 N–H and O–H groups in total. The van der Waals surface area contributed by atoms with Crippen molar-refractivity contribution in [2.75, 3.05) is 19.8 Å². The molecule has 0 atom stereocenters. The van der Waals surface area contributed by atoms with Crippen LogP contribution >= 0.6 is 23.2 Å². The number of hydrogen-bond donors (Lipinski definition) is 6. The van der Waals surface area contributed by atoms with Gasteiger partial charge in [-0.15, -0.1) is 0 Å². The van der Waals surface area contributed by atoms with Crippen molar-refractivity contribution in [3.05, 3.63) is 162 Å². The third kappa shape index (κ3) is 9.06. The lowest BCUT2D eigenvalue weighted by Gasteiger charge is -2.47. The topological polar surface area (TPSA) is 243 Å². The lowest BCUT2D eigenvalue weighted by molar-refractivity contribution is 0.0428. The minimum Gasteiger partial charge on any atom is -0.486 e. The Balaban J connectivity index is 0.863. The van der Waals surface area contributed by atoms with Crippen LogP contribution in [0.5, 0.6) is 11.5 Å². The molecule has 4 heterocycles. The Kier molecular flexibility index (Phi) is 12.2. The minimum atomic E-state index is -1.08. The molecule has 18 nitrogen and oxygen atoms in total. The molecule has 69 heavy (non-hydrogen) atoms. The van der Waals surface area contributed by atoms with Crippen LogP contribution in [0.3, 0.4) is 0 Å². The van der Waals surface area contributed by atoms with E-state index >= 15 is 0 Å². The normalized spacial score (nSPS) is 17.2. The number of aliphatic hydroxyl groups excluding tert-OH is 2. The Hall–Kier alpha value is -7.38. The summed E-state index contributed by atoms with van der Waals surface area (Å²) in [6, 6.07) is 29.3. The standard InChI is InChI=1S/C49H44Cl2N10O8/c50-34-13-7-14-36(68-23-32-19-38(64)60-46(53-32)55-42(58-60)28-9-3-1-4-10-28)40(34)45(67)57-49(27-63)21-31(22-49)30-17-35(51)41(44(66)52-25-48(26-62)15-8-16-48)37(18-30)69-24-33-20-39(65)61-47(54-33)56-43(59-61)29-11-5-2-6-12-29/h1-7,9-14,17-20,31,62-63H,8,15-16,21-27H2,(H,52,66)(H,57,67)(H,53,55,58)(H,54,56,59). The van der Waals surface area contributed by atoms with Gasteiger partial charge in [-0.25, -0.2) is 9.97 Å². The van der Waals surface area contributed by atoms with Crippen LogP contribution in [0.15, 0.2) is 113 Å². The molecular weight excluding hydrogens is 928 g/mol. The molecule has 2 saturated carbocycles. The molecule has 0 aliphatic heterocycles. The first-order valence-electron chi connectivity index (χ1n) is 22.2.